The van der Waals surface area contributed by atoms with E-state index in [1.54, 1.807) is 6.20 Å². The predicted molar refractivity (Wildman–Crippen MR) is 106 cm³/mol. The van der Waals surface area contributed by atoms with Crippen LogP contribution in [0.2, 0.25) is 0 Å². The Morgan fingerprint density at radius 2 is 2.00 bits per heavy atom. The quantitative estimate of drug-likeness (QED) is 0.829. The number of aromatic nitrogens is 3. The van der Waals surface area contributed by atoms with Crippen LogP contribution in [0.25, 0.3) is 0 Å². The first-order chi connectivity index (χ1) is 14.2. The van der Waals surface area contributed by atoms with Crippen LogP contribution in [0.4, 0.5) is 0 Å². The summed E-state index contributed by atoms with van der Waals surface area (Å²) in [6.07, 6.45) is 7.72. The second-order valence-corrected chi connectivity index (χ2v) is 8.23. The molecule has 0 bridgehead atoms. The molecule has 29 heavy (non-hydrogen) atoms. The molecule has 0 aromatic carbocycles. The zero-order valence-electron chi connectivity index (χ0n) is 16.5. The van der Waals surface area contributed by atoms with Crippen molar-refractivity contribution in [3.05, 3.63) is 41.5 Å². The molecule has 1 N–H and O–H groups in total. The van der Waals surface area contributed by atoms with E-state index in [0.29, 0.717) is 50.4 Å². The summed E-state index contributed by atoms with van der Waals surface area (Å²) >= 11 is 0. The lowest BCUT2D eigenvalue weighted by molar-refractivity contribution is 0.0301. The van der Waals surface area contributed by atoms with Gasteiger partial charge in [-0.1, -0.05) is 0 Å². The number of hydrogen-bond donors (Lipinski definition) is 1. The molecule has 8 nitrogen and oxygen atoms in total. The van der Waals surface area contributed by atoms with Crippen molar-refractivity contribution in [1.29, 1.82) is 0 Å². The number of nitrogens with zero attached hydrogens (tertiary/aromatic N) is 4. The Kier molecular flexibility index (Phi) is 4.87. The molecule has 1 saturated heterocycles. The summed E-state index contributed by atoms with van der Waals surface area (Å²) in [5.74, 6) is 0.343. The highest BCUT2D eigenvalue weighted by molar-refractivity contribution is 5.95. The average molecular weight is 397 g/mol. The van der Waals surface area contributed by atoms with Crippen LogP contribution in [0.1, 0.15) is 51.8 Å². The molecule has 1 atom stereocenters. The average Bonchev–Trinajstić information content (AvgIpc) is 3.33. The highest BCUT2D eigenvalue weighted by Gasteiger charge is 2.30. The molecule has 1 aliphatic carbocycles. The fourth-order valence-corrected chi connectivity index (χ4v) is 4.37. The summed E-state index contributed by atoms with van der Waals surface area (Å²) < 4.78 is 9.39. The minimum atomic E-state index is -0.00871. The minimum Gasteiger partial charge on any atom is -0.378 e. The molecule has 2 fully saturated rings. The van der Waals surface area contributed by atoms with Crippen LogP contribution in [0, 0.1) is 5.92 Å². The third kappa shape index (κ3) is 3.69. The molecule has 2 amide bonds. The van der Waals surface area contributed by atoms with Gasteiger partial charge in [0.1, 0.15) is 5.69 Å². The molecule has 0 spiro atoms. The highest BCUT2D eigenvalue weighted by atomic mass is 16.5. The van der Waals surface area contributed by atoms with Crippen molar-refractivity contribution in [3.8, 4) is 0 Å². The van der Waals surface area contributed by atoms with Gasteiger partial charge < -0.3 is 19.5 Å². The van der Waals surface area contributed by atoms with Crippen molar-refractivity contribution in [2.75, 3.05) is 32.8 Å². The van der Waals surface area contributed by atoms with Gasteiger partial charge in [-0.15, -0.1) is 0 Å². The van der Waals surface area contributed by atoms with Crippen molar-refractivity contribution >= 4 is 11.8 Å². The molecule has 3 aliphatic rings. The van der Waals surface area contributed by atoms with Crippen molar-refractivity contribution in [3.63, 3.8) is 0 Å². The number of rotatable bonds is 5. The molecule has 2 aromatic heterocycles. The molecule has 154 valence electrons. The van der Waals surface area contributed by atoms with Gasteiger partial charge in [0.15, 0.2) is 0 Å². The Labute approximate surface area is 169 Å². The van der Waals surface area contributed by atoms with Crippen molar-refractivity contribution in [1.82, 2.24) is 24.6 Å². The number of hydrogen-bond acceptors (Lipinski definition) is 4. The Morgan fingerprint density at radius 1 is 1.17 bits per heavy atom. The number of aryl methyl sites for hydroxylation is 1. The second-order valence-electron chi connectivity index (χ2n) is 8.23. The van der Waals surface area contributed by atoms with Crippen LogP contribution in [0.5, 0.6) is 0 Å². The number of carbonyl (C=O) groups is 2. The summed E-state index contributed by atoms with van der Waals surface area (Å²) in [6, 6.07) is 4.32. The molecule has 2 aromatic rings. The van der Waals surface area contributed by atoms with Crippen molar-refractivity contribution < 1.29 is 14.3 Å². The number of morpholine rings is 1. The number of ether oxygens (including phenoxy) is 1. The summed E-state index contributed by atoms with van der Waals surface area (Å²) in [7, 11) is 0. The third-order valence-corrected chi connectivity index (χ3v) is 6.21. The van der Waals surface area contributed by atoms with E-state index in [-0.39, 0.29) is 11.8 Å². The summed E-state index contributed by atoms with van der Waals surface area (Å²) in [5.41, 5.74) is 2.44. The van der Waals surface area contributed by atoms with E-state index >= 15 is 0 Å². The topological polar surface area (TPSA) is 81.4 Å². The van der Waals surface area contributed by atoms with Crippen LogP contribution in [0.15, 0.2) is 24.5 Å². The standard InChI is InChI=1S/C21H27N5O3/c27-20(18-2-1-6-25(18)16-3-4-16)22-13-15-5-7-26-19(12-15)17(14-23-26)21(28)24-8-10-29-11-9-24/h1-2,6,14-16H,3-5,7-13H2,(H,22,27)/t15-/m0/s1. The molecular formula is C21H27N5O3. The van der Waals surface area contributed by atoms with Crippen molar-refractivity contribution in [2.45, 2.75) is 38.3 Å². The first-order valence-electron chi connectivity index (χ1n) is 10.6. The van der Waals surface area contributed by atoms with Gasteiger partial charge >= 0.3 is 0 Å². The lowest BCUT2D eigenvalue weighted by atomic mass is 9.94. The SMILES string of the molecule is O=C(NC[C@H]1CCn2ncc(C(=O)N3CCOCC3)c2C1)c1cccn1C1CC1. The number of carbonyl (C=O) groups excluding carboxylic acids is 2. The van der Waals surface area contributed by atoms with Gasteiger partial charge in [-0.3, -0.25) is 14.3 Å². The van der Waals surface area contributed by atoms with Crippen LogP contribution < -0.4 is 5.32 Å². The van der Waals surface area contributed by atoms with E-state index in [4.69, 9.17) is 4.74 Å². The minimum absolute atomic E-state index is 0.00871. The summed E-state index contributed by atoms with van der Waals surface area (Å²) in [5, 5.41) is 7.54. The summed E-state index contributed by atoms with van der Waals surface area (Å²) in [4.78, 5) is 27.4. The van der Waals surface area contributed by atoms with Gasteiger partial charge in [0.05, 0.1) is 30.7 Å². The molecule has 1 saturated carbocycles. The molecule has 0 unspecified atom stereocenters. The van der Waals surface area contributed by atoms with Crippen LogP contribution >= 0.6 is 0 Å². The highest BCUT2D eigenvalue weighted by Crippen LogP contribution is 2.36. The molecular weight excluding hydrogens is 370 g/mol. The van der Waals surface area contributed by atoms with Crippen LogP contribution in [-0.2, 0) is 17.7 Å². The van der Waals surface area contributed by atoms with E-state index in [1.807, 2.05) is 27.9 Å². The van der Waals surface area contributed by atoms with Gasteiger partial charge in [0.25, 0.3) is 11.8 Å². The van der Waals surface area contributed by atoms with E-state index in [0.717, 1.165) is 43.6 Å². The molecule has 4 heterocycles. The lowest BCUT2D eigenvalue weighted by Gasteiger charge is -2.28. The van der Waals surface area contributed by atoms with Crippen LogP contribution in [0.3, 0.4) is 0 Å². The summed E-state index contributed by atoms with van der Waals surface area (Å²) in [6.45, 7) is 3.84. The lowest BCUT2D eigenvalue weighted by Crippen LogP contribution is -2.41. The number of fused-ring (bicyclic) bond motifs is 1. The van der Waals surface area contributed by atoms with Gasteiger partial charge in [-0.05, 0) is 43.7 Å². The van der Waals surface area contributed by atoms with E-state index in [1.165, 1.54) is 0 Å². The molecule has 2 aliphatic heterocycles. The largest absolute Gasteiger partial charge is 0.378 e. The predicted octanol–water partition coefficient (Wildman–Crippen LogP) is 1.48. The zero-order valence-corrected chi connectivity index (χ0v) is 16.5. The zero-order chi connectivity index (χ0) is 19.8. The number of amides is 2. The maximum absolute atomic E-state index is 12.9. The Bertz CT molecular complexity index is 907. The first kappa shape index (κ1) is 18.4. The maximum Gasteiger partial charge on any atom is 0.267 e. The Hall–Kier alpha value is -2.61. The fourth-order valence-electron chi connectivity index (χ4n) is 4.37. The smallest absolute Gasteiger partial charge is 0.267 e. The third-order valence-electron chi connectivity index (χ3n) is 6.21. The molecule has 8 heteroatoms. The molecule has 5 rings (SSSR count). The molecule has 0 radical (unpaired) electrons. The van der Waals surface area contributed by atoms with E-state index in [2.05, 4.69) is 15.0 Å². The first-order valence-corrected chi connectivity index (χ1v) is 10.6. The van der Waals surface area contributed by atoms with Crippen LogP contribution in [-0.4, -0.2) is 63.9 Å². The monoisotopic (exact) mass is 397 g/mol. The van der Waals surface area contributed by atoms with Gasteiger partial charge in [-0.25, -0.2) is 0 Å². The van der Waals surface area contributed by atoms with E-state index < -0.39 is 0 Å². The van der Waals surface area contributed by atoms with E-state index in [9.17, 15) is 9.59 Å². The normalized spacial score (nSPS) is 21.7. The fraction of sp³-hybridized carbons (Fsp3) is 0.571. The van der Waals surface area contributed by atoms with Crippen molar-refractivity contribution in [2.24, 2.45) is 5.92 Å². The Balaban J connectivity index is 1.22. The number of nitrogens with one attached hydrogen (secondary N) is 1. The second kappa shape index (κ2) is 7.67. The van der Waals surface area contributed by atoms with Gasteiger partial charge in [0, 0.05) is 38.4 Å². The maximum atomic E-state index is 12.9. The Morgan fingerprint density at radius 3 is 2.79 bits per heavy atom. The van der Waals surface area contributed by atoms with Gasteiger partial charge in [-0.2, -0.15) is 5.10 Å². The van der Waals surface area contributed by atoms with Gasteiger partial charge in [0.2, 0.25) is 0 Å².